The molecule has 0 aromatic heterocycles. The van der Waals surface area contributed by atoms with E-state index in [1.165, 1.54) is 7.11 Å². The molecule has 1 aliphatic heterocycles. The summed E-state index contributed by atoms with van der Waals surface area (Å²) in [6.45, 7) is 3.95. The maximum absolute atomic E-state index is 11.9. The Bertz CT molecular complexity index is 333. The Hall–Kier alpha value is -1.63. The van der Waals surface area contributed by atoms with Crippen LogP contribution >= 0.6 is 0 Å². The number of hydrogen-bond donors (Lipinski definition) is 3. The first-order chi connectivity index (χ1) is 8.45. The molecule has 7 nitrogen and oxygen atoms in total. The van der Waals surface area contributed by atoms with Crippen molar-refractivity contribution in [2.24, 2.45) is 5.92 Å². The van der Waals surface area contributed by atoms with Crippen molar-refractivity contribution in [2.75, 3.05) is 20.2 Å². The lowest BCUT2D eigenvalue weighted by Crippen LogP contribution is -2.60. The molecule has 18 heavy (non-hydrogen) atoms. The lowest BCUT2D eigenvalue weighted by atomic mass is 10.0. The maximum Gasteiger partial charge on any atom is 0.328 e. The molecule has 1 saturated heterocycles. The Morgan fingerprint density at radius 3 is 2.56 bits per heavy atom. The molecule has 7 heteroatoms. The molecule has 1 heterocycles. The van der Waals surface area contributed by atoms with E-state index >= 15 is 0 Å². The molecule has 1 fully saturated rings. The summed E-state index contributed by atoms with van der Waals surface area (Å²) in [5.74, 6) is -1.01. The van der Waals surface area contributed by atoms with Gasteiger partial charge in [0.05, 0.1) is 13.7 Å². The molecule has 102 valence electrons. The predicted octanol–water partition coefficient (Wildman–Crippen LogP) is -1.61. The number of methoxy groups -OCH3 is 1. The molecule has 1 aliphatic rings. The number of piperazine rings is 1. The van der Waals surface area contributed by atoms with E-state index in [-0.39, 0.29) is 30.8 Å². The average Bonchev–Trinajstić information content (AvgIpc) is 2.35. The minimum atomic E-state index is -0.679. The second-order valence-corrected chi connectivity index (χ2v) is 4.49. The van der Waals surface area contributed by atoms with Gasteiger partial charge >= 0.3 is 5.97 Å². The molecule has 2 atom stereocenters. The fourth-order valence-corrected chi connectivity index (χ4v) is 1.63. The summed E-state index contributed by atoms with van der Waals surface area (Å²) in [7, 11) is 1.28. The largest absolute Gasteiger partial charge is 0.467 e. The molecule has 2 amide bonds. The maximum atomic E-state index is 11.9. The number of carbonyl (C=O) groups excluding carboxylic acids is 3. The highest BCUT2D eigenvalue weighted by Gasteiger charge is 2.30. The number of nitrogens with one attached hydrogen (secondary N) is 3. The first-order valence-corrected chi connectivity index (χ1v) is 5.84. The van der Waals surface area contributed by atoms with Crippen molar-refractivity contribution < 1.29 is 19.1 Å². The van der Waals surface area contributed by atoms with Crippen LogP contribution in [-0.2, 0) is 19.1 Å². The van der Waals surface area contributed by atoms with E-state index in [9.17, 15) is 14.4 Å². The van der Waals surface area contributed by atoms with Gasteiger partial charge in [-0.2, -0.15) is 0 Å². The third-order valence-electron chi connectivity index (χ3n) is 2.75. The SMILES string of the molecule is COC(=O)C(NC(=O)C1CNC(=O)CN1)C(C)C. The first-order valence-electron chi connectivity index (χ1n) is 5.84. The molecule has 0 bridgehead atoms. The van der Waals surface area contributed by atoms with Crippen LogP contribution in [-0.4, -0.2) is 50.1 Å². The number of ether oxygens (including phenoxy) is 1. The molecular weight excluding hydrogens is 238 g/mol. The van der Waals surface area contributed by atoms with Crippen molar-refractivity contribution in [3.05, 3.63) is 0 Å². The van der Waals surface area contributed by atoms with E-state index in [2.05, 4.69) is 20.7 Å². The van der Waals surface area contributed by atoms with Gasteiger partial charge < -0.3 is 15.4 Å². The Balaban J connectivity index is 2.56. The first kappa shape index (κ1) is 14.4. The standard InChI is InChI=1S/C11H19N3O4/c1-6(2)9(11(17)18-3)14-10(16)7-4-13-8(15)5-12-7/h6-7,9,12H,4-5H2,1-3H3,(H,13,15)(H,14,16). The van der Waals surface area contributed by atoms with Gasteiger partial charge in [-0.3, -0.25) is 14.9 Å². The predicted molar refractivity (Wildman–Crippen MR) is 63.6 cm³/mol. The van der Waals surface area contributed by atoms with E-state index in [1.807, 2.05) is 13.8 Å². The lowest BCUT2D eigenvalue weighted by Gasteiger charge is -2.26. The molecule has 0 aromatic rings. The van der Waals surface area contributed by atoms with E-state index in [0.29, 0.717) is 0 Å². The second kappa shape index (κ2) is 6.34. The van der Waals surface area contributed by atoms with Crippen LogP contribution in [0.5, 0.6) is 0 Å². The van der Waals surface area contributed by atoms with Crippen LogP contribution in [0.1, 0.15) is 13.8 Å². The van der Waals surface area contributed by atoms with Crippen LogP contribution in [0.4, 0.5) is 0 Å². The fraction of sp³-hybridized carbons (Fsp3) is 0.727. The number of amides is 2. The van der Waals surface area contributed by atoms with Gasteiger partial charge in [0.2, 0.25) is 11.8 Å². The number of hydrogen-bond acceptors (Lipinski definition) is 5. The fourth-order valence-electron chi connectivity index (χ4n) is 1.63. The number of carbonyl (C=O) groups is 3. The highest BCUT2D eigenvalue weighted by Crippen LogP contribution is 2.04. The van der Waals surface area contributed by atoms with Crippen molar-refractivity contribution in [3.8, 4) is 0 Å². The molecule has 0 saturated carbocycles. The van der Waals surface area contributed by atoms with Crippen LogP contribution in [0.2, 0.25) is 0 Å². The van der Waals surface area contributed by atoms with Gasteiger partial charge in [0, 0.05) is 6.54 Å². The lowest BCUT2D eigenvalue weighted by molar-refractivity contribution is -0.146. The van der Waals surface area contributed by atoms with E-state index in [0.717, 1.165) is 0 Å². The van der Waals surface area contributed by atoms with Gasteiger partial charge in [0.25, 0.3) is 0 Å². The normalized spacial score (nSPS) is 21.1. The van der Waals surface area contributed by atoms with E-state index in [4.69, 9.17) is 0 Å². The molecule has 0 radical (unpaired) electrons. The molecule has 0 aliphatic carbocycles. The van der Waals surface area contributed by atoms with Gasteiger partial charge in [-0.15, -0.1) is 0 Å². The van der Waals surface area contributed by atoms with Crippen LogP contribution < -0.4 is 16.0 Å². The van der Waals surface area contributed by atoms with Gasteiger partial charge in [-0.25, -0.2) is 4.79 Å². The highest BCUT2D eigenvalue weighted by atomic mass is 16.5. The Labute approximate surface area is 106 Å². The summed E-state index contributed by atoms with van der Waals surface area (Å²) in [6, 6.07) is -1.20. The molecule has 0 spiro atoms. The zero-order valence-electron chi connectivity index (χ0n) is 10.8. The van der Waals surface area contributed by atoms with Crippen LogP contribution in [0, 0.1) is 5.92 Å². The quantitative estimate of drug-likeness (QED) is 0.526. The minimum Gasteiger partial charge on any atom is -0.467 e. The van der Waals surface area contributed by atoms with Crippen LogP contribution in [0.25, 0.3) is 0 Å². The zero-order valence-corrected chi connectivity index (χ0v) is 10.8. The van der Waals surface area contributed by atoms with Crippen molar-refractivity contribution in [1.29, 1.82) is 0 Å². The third-order valence-corrected chi connectivity index (χ3v) is 2.75. The summed E-state index contributed by atoms with van der Waals surface area (Å²) < 4.78 is 4.64. The van der Waals surface area contributed by atoms with E-state index in [1.54, 1.807) is 0 Å². The van der Waals surface area contributed by atoms with Gasteiger partial charge in [0.15, 0.2) is 0 Å². The molecule has 2 unspecified atom stereocenters. The Morgan fingerprint density at radius 2 is 2.11 bits per heavy atom. The summed E-state index contributed by atoms with van der Waals surface area (Å²) in [4.78, 5) is 34.3. The van der Waals surface area contributed by atoms with Crippen molar-refractivity contribution >= 4 is 17.8 Å². The van der Waals surface area contributed by atoms with E-state index < -0.39 is 18.1 Å². The molecule has 1 rings (SSSR count). The van der Waals surface area contributed by atoms with Crippen molar-refractivity contribution in [1.82, 2.24) is 16.0 Å². The summed E-state index contributed by atoms with van der Waals surface area (Å²) >= 11 is 0. The zero-order chi connectivity index (χ0) is 13.7. The molecular formula is C11H19N3O4. The topological polar surface area (TPSA) is 96.5 Å². The molecule has 0 aromatic carbocycles. The summed E-state index contributed by atoms with van der Waals surface area (Å²) in [5, 5.41) is 8.00. The minimum absolute atomic E-state index is 0.0698. The number of rotatable bonds is 4. The summed E-state index contributed by atoms with van der Waals surface area (Å²) in [5.41, 5.74) is 0. The monoisotopic (exact) mass is 257 g/mol. The van der Waals surface area contributed by atoms with Crippen molar-refractivity contribution in [2.45, 2.75) is 25.9 Å². The highest BCUT2D eigenvalue weighted by molar-refractivity contribution is 5.90. The van der Waals surface area contributed by atoms with Crippen LogP contribution in [0.15, 0.2) is 0 Å². The Morgan fingerprint density at radius 1 is 1.44 bits per heavy atom. The Kier molecular flexibility index (Phi) is 5.08. The summed E-state index contributed by atoms with van der Waals surface area (Å²) in [6.07, 6.45) is 0. The van der Waals surface area contributed by atoms with Crippen molar-refractivity contribution in [3.63, 3.8) is 0 Å². The van der Waals surface area contributed by atoms with Gasteiger partial charge in [-0.1, -0.05) is 13.8 Å². The second-order valence-electron chi connectivity index (χ2n) is 4.49. The average molecular weight is 257 g/mol. The number of esters is 1. The van der Waals surface area contributed by atoms with Gasteiger partial charge in [0.1, 0.15) is 12.1 Å². The van der Waals surface area contributed by atoms with Crippen LogP contribution in [0.3, 0.4) is 0 Å². The van der Waals surface area contributed by atoms with Gasteiger partial charge in [-0.05, 0) is 5.92 Å². The smallest absolute Gasteiger partial charge is 0.328 e. The third kappa shape index (κ3) is 3.69. The molecule has 3 N–H and O–H groups in total.